The number of rotatable bonds is 4. The fourth-order valence-corrected chi connectivity index (χ4v) is 2.45. The fourth-order valence-electron chi connectivity index (χ4n) is 2.45. The monoisotopic (exact) mass is 277 g/mol. The zero-order valence-corrected chi connectivity index (χ0v) is 11.5. The quantitative estimate of drug-likeness (QED) is 0.852. The van der Waals surface area contributed by atoms with Crippen molar-refractivity contribution in [2.45, 2.75) is 12.8 Å². The number of carboxylic acids is 1. The second kappa shape index (κ2) is 6.47. The number of pyridine rings is 1. The van der Waals surface area contributed by atoms with Gasteiger partial charge in [0.05, 0.1) is 0 Å². The van der Waals surface area contributed by atoms with Crippen LogP contribution in [0.4, 0.5) is 0 Å². The zero-order valence-electron chi connectivity index (χ0n) is 11.5. The molecule has 0 aromatic carbocycles. The molecule has 1 fully saturated rings. The molecule has 1 unspecified atom stereocenters. The van der Waals surface area contributed by atoms with Crippen LogP contribution in [0.5, 0.6) is 0 Å². The van der Waals surface area contributed by atoms with Crippen LogP contribution in [0.2, 0.25) is 0 Å². The third-order valence-electron chi connectivity index (χ3n) is 3.47. The lowest BCUT2D eigenvalue weighted by Gasteiger charge is -2.29. The van der Waals surface area contributed by atoms with E-state index in [4.69, 9.17) is 5.11 Å². The number of carbonyl (C=O) groups is 2. The molecule has 0 radical (unpaired) electrons. The highest BCUT2D eigenvalue weighted by Gasteiger charge is 2.18. The van der Waals surface area contributed by atoms with Gasteiger partial charge in [-0.05, 0) is 44.5 Å². The molecule has 0 saturated carbocycles. The molecule has 2 rings (SSSR count). The van der Waals surface area contributed by atoms with Crippen LogP contribution in [0.1, 0.15) is 33.8 Å². The Kier molecular flexibility index (Phi) is 4.68. The fraction of sp³-hybridized carbons (Fsp3) is 0.500. The van der Waals surface area contributed by atoms with Gasteiger partial charge < -0.3 is 15.3 Å². The van der Waals surface area contributed by atoms with Gasteiger partial charge in [-0.15, -0.1) is 0 Å². The summed E-state index contributed by atoms with van der Waals surface area (Å²) in [5.41, 5.74) is 0.0316. The number of hydrogen-bond donors (Lipinski definition) is 2. The molecule has 1 saturated heterocycles. The zero-order chi connectivity index (χ0) is 14.5. The molecule has 6 nitrogen and oxygen atoms in total. The summed E-state index contributed by atoms with van der Waals surface area (Å²) in [6, 6.07) is 4.42. The minimum atomic E-state index is -1.13. The molecule has 2 N–H and O–H groups in total. The van der Waals surface area contributed by atoms with Crippen LogP contribution in [-0.4, -0.2) is 53.5 Å². The van der Waals surface area contributed by atoms with Gasteiger partial charge in [0, 0.05) is 13.1 Å². The van der Waals surface area contributed by atoms with Crippen molar-refractivity contribution in [1.82, 2.24) is 15.2 Å². The van der Waals surface area contributed by atoms with Crippen LogP contribution in [-0.2, 0) is 0 Å². The number of aromatic nitrogens is 1. The summed E-state index contributed by atoms with van der Waals surface area (Å²) < 4.78 is 0. The van der Waals surface area contributed by atoms with E-state index in [0.29, 0.717) is 12.5 Å². The van der Waals surface area contributed by atoms with Crippen LogP contribution in [0.3, 0.4) is 0 Å². The summed E-state index contributed by atoms with van der Waals surface area (Å²) in [5.74, 6) is -1.00. The Labute approximate surface area is 117 Å². The van der Waals surface area contributed by atoms with Crippen molar-refractivity contribution < 1.29 is 14.7 Å². The number of carbonyl (C=O) groups excluding carboxylic acids is 1. The van der Waals surface area contributed by atoms with Gasteiger partial charge in [0.1, 0.15) is 11.4 Å². The summed E-state index contributed by atoms with van der Waals surface area (Å²) in [4.78, 5) is 28.9. The van der Waals surface area contributed by atoms with Gasteiger partial charge in [-0.25, -0.2) is 9.78 Å². The molecule has 1 atom stereocenters. The van der Waals surface area contributed by atoms with E-state index in [1.807, 2.05) is 0 Å². The first kappa shape index (κ1) is 14.5. The first-order chi connectivity index (χ1) is 9.56. The lowest BCUT2D eigenvalue weighted by molar-refractivity contribution is 0.0690. The number of aromatic carboxylic acids is 1. The van der Waals surface area contributed by atoms with Crippen molar-refractivity contribution in [3.05, 3.63) is 29.6 Å². The van der Waals surface area contributed by atoms with Crippen molar-refractivity contribution in [3.63, 3.8) is 0 Å². The summed E-state index contributed by atoms with van der Waals surface area (Å²) in [7, 11) is 2.08. The van der Waals surface area contributed by atoms with Gasteiger partial charge in [-0.2, -0.15) is 0 Å². The number of nitrogens with zero attached hydrogens (tertiary/aromatic N) is 2. The third-order valence-corrected chi connectivity index (χ3v) is 3.47. The lowest BCUT2D eigenvalue weighted by atomic mass is 9.98. The van der Waals surface area contributed by atoms with E-state index in [9.17, 15) is 9.59 Å². The maximum absolute atomic E-state index is 12.0. The molecule has 1 aliphatic rings. The van der Waals surface area contributed by atoms with Crippen LogP contribution >= 0.6 is 0 Å². The second-order valence-corrected chi connectivity index (χ2v) is 5.19. The Morgan fingerprint density at radius 2 is 2.20 bits per heavy atom. The van der Waals surface area contributed by atoms with Crippen molar-refractivity contribution in [2.24, 2.45) is 5.92 Å². The molecule has 1 aromatic rings. The van der Waals surface area contributed by atoms with Crippen molar-refractivity contribution >= 4 is 11.9 Å². The normalized spacial score (nSPS) is 19.6. The van der Waals surface area contributed by atoms with E-state index in [0.717, 1.165) is 25.9 Å². The molecule has 0 aliphatic carbocycles. The smallest absolute Gasteiger partial charge is 0.354 e. The highest BCUT2D eigenvalue weighted by molar-refractivity contribution is 5.94. The Morgan fingerprint density at radius 3 is 2.90 bits per heavy atom. The molecular weight excluding hydrogens is 258 g/mol. The van der Waals surface area contributed by atoms with Crippen molar-refractivity contribution in [3.8, 4) is 0 Å². The molecule has 1 aliphatic heterocycles. The standard InChI is InChI=1S/C14H19N3O3/c1-17-7-3-4-10(9-17)8-15-13(18)11-5-2-6-12(16-11)14(19)20/h2,5-6,10H,3-4,7-9H2,1H3,(H,15,18)(H,19,20). The molecule has 0 bridgehead atoms. The van der Waals surface area contributed by atoms with Crippen LogP contribution in [0.25, 0.3) is 0 Å². The van der Waals surface area contributed by atoms with Gasteiger partial charge in [-0.3, -0.25) is 4.79 Å². The lowest BCUT2D eigenvalue weighted by Crippen LogP contribution is -2.39. The molecule has 20 heavy (non-hydrogen) atoms. The molecular formula is C14H19N3O3. The number of likely N-dealkylation sites (tertiary alicyclic amines) is 1. The molecule has 1 amide bonds. The summed E-state index contributed by atoms with van der Waals surface area (Å²) >= 11 is 0. The Bertz CT molecular complexity index is 504. The number of hydrogen-bond acceptors (Lipinski definition) is 4. The largest absolute Gasteiger partial charge is 0.477 e. The van der Waals surface area contributed by atoms with Gasteiger partial charge in [0.15, 0.2) is 0 Å². The Balaban J connectivity index is 1.91. The summed E-state index contributed by atoms with van der Waals surface area (Å²) in [6.45, 7) is 2.68. The number of carboxylic acid groups (broad SMARTS) is 1. The minimum absolute atomic E-state index is 0.116. The third kappa shape index (κ3) is 3.77. The van der Waals surface area contributed by atoms with Crippen molar-refractivity contribution in [1.29, 1.82) is 0 Å². The van der Waals surface area contributed by atoms with E-state index >= 15 is 0 Å². The predicted molar refractivity (Wildman–Crippen MR) is 73.8 cm³/mol. The number of piperidine rings is 1. The summed E-state index contributed by atoms with van der Waals surface area (Å²) in [5, 5.41) is 11.7. The SMILES string of the molecule is CN1CCCC(CNC(=O)c2cccc(C(=O)O)n2)C1. The Hall–Kier alpha value is -1.95. The van der Waals surface area contributed by atoms with Gasteiger partial charge in [0.2, 0.25) is 0 Å². The highest BCUT2D eigenvalue weighted by atomic mass is 16.4. The highest BCUT2D eigenvalue weighted by Crippen LogP contribution is 2.14. The average Bonchev–Trinajstić information content (AvgIpc) is 2.45. The second-order valence-electron chi connectivity index (χ2n) is 5.19. The van der Waals surface area contributed by atoms with E-state index in [-0.39, 0.29) is 17.3 Å². The maximum atomic E-state index is 12.0. The van der Waals surface area contributed by atoms with E-state index in [2.05, 4.69) is 22.2 Å². The van der Waals surface area contributed by atoms with Crippen LogP contribution < -0.4 is 5.32 Å². The van der Waals surface area contributed by atoms with E-state index in [1.165, 1.54) is 18.2 Å². The van der Waals surface area contributed by atoms with Gasteiger partial charge in [0.25, 0.3) is 5.91 Å². The summed E-state index contributed by atoms with van der Waals surface area (Å²) in [6.07, 6.45) is 2.25. The van der Waals surface area contributed by atoms with Crippen molar-refractivity contribution in [2.75, 3.05) is 26.7 Å². The Morgan fingerprint density at radius 1 is 1.45 bits per heavy atom. The number of amides is 1. The van der Waals surface area contributed by atoms with Gasteiger partial charge in [-0.1, -0.05) is 6.07 Å². The molecule has 108 valence electrons. The molecule has 6 heteroatoms. The topological polar surface area (TPSA) is 82.5 Å². The van der Waals surface area contributed by atoms with E-state index in [1.54, 1.807) is 0 Å². The van der Waals surface area contributed by atoms with Crippen LogP contribution in [0, 0.1) is 5.92 Å². The first-order valence-electron chi connectivity index (χ1n) is 6.73. The predicted octanol–water partition coefficient (Wildman–Crippen LogP) is 0.851. The van der Waals surface area contributed by atoms with E-state index < -0.39 is 5.97 Å². The average molecular weight is 277 g/mol. The minimum Gasteiger partial charge on any atom is -0.477 e. The number of nitrogens with one attached hydrogen (secondary N) is 1. The molecule has 2 heterocycles. The van der Waals surface area contributed by atoms with Crippen LogP contribution in [0.15, 0.2) is 18.2 Å². The molecule has 0 spiro atoms. The maximum Gasteiger partial charge on any atom is 0.354 e. The van der Waals surface area contributed by atoms with Gasteiger partial charge >= 0.3 is 5.97 Å². The first-order valence-corrected chi connectivity index (χ1v) is 6.73. The molecule has 1 aromatic heterocycles.